The molecule has 0 aliphatic heterocycles. The molecule has 2 aromatic carbocycles. The Bertz CT molecular complexity index is 912. The Morgan fingerprint density at radius 3 is 2.70 bits per heavy atom. The van der Waals surface area contributed by atoms with E-state index in [4.69, 9.17) is 9.84 Å². The molecule has 0 aliphatic rings. The van der Waals surface area contributed by atoms with E-state index in [1.165, 1.54) is 0 Å². The molecule has 0 unspecified atom stereocenters. The summed E-state index contributed by atoms with van der Waals surface area (Å²) in [5.74, 6) is 0.690. The predicted molar refractivity (Wildman–Crippen MR) is 96.9 cm³/mol. The van der Waals surface area contributed by atoms with Crippen molar-refractivity contribution >= 4 is 31.5 Å². The third kappa shape index (κ3) is 2.96. The first-order valence-corrected chi connectivity index (χ1v) is 8.64. The minimum Gasteiger partial charge on any atom is -0.492 e. The summed E-state index contributed by atoms with van der Waals surface area (Å²) in [6.45, 7) is 4.69. The molecule has 3 nitrogen and oxygen atoms in total. The van der Waals surface area contributed by atoms with Crippen LogP contribution in [0.25, 0.3) is 20.2 Å². The monoisotopic (exact) mass is 328 g/mol. The Morgan fingerprint density at radius 1 is 1.13 bits per heavy atom. The maximum absolute atomic E-state index is 13.0. The van der Waals surface area contributed by atoms with Crippen molar-refractivity contribution in [2.45, 2.75) is 26.7 Å². The summed E-state index contributed by atoms with van der Waals surface area (Å²) in [5.41, 5.74) is 2.13. The van der Waals surface area contributed by atoms with Crippen LogP contribution < -0.4 is 10.2 Å². The van der Waals surface area contributed by atoms with Crippen molar-refractivity contribution < 1.29 is 9.84 Å². The molecule has 1 heterocycles. The van der Waals surface area contributed by atoms with Crippen LogP contribution in [0.2, 0.25) is 0 Å². The lowest BCUT2D eigenvalue weighted by molar-refractivity contribution is 0.253. The molecule has 0 spiro atoms. The lowest BCUT2D eigenvalue weighted by atomic mass is 10.1. The van der Waals surface area contributed by atoms with E-state index in [1.807, 2.05) is 38.1 Å². The number of rotatable bonds is 5. The van der Waals surface area contributed by atoms with Crippen LogP contribution in [0.15, 0.2) is 35.1 Å². The normalized spacial score (nSPS) is 11.3. The van der Waals surface area contributed by atoms with E-state index in [-0.39, 0.29) is 12.0 Å². The van der Waals surface area contributed by atoms with E-state index in [9.17, 15) is 4.79 Å². The zero-order valence-corrected chi connectivity index (χ0v) is 14.2. The van der Waals surface area contributed by atoms with Gasteiger partial charge in [-0.05, 0) is 49.9 Å². The molecular formula is C19H20O3S. The lowest BCUT2D eigenvalue weighted by Gasteiger charge is -2.14. The Morgan fingerprint density at radius 2 is 1.91 bits per heavy atom. The lowest BCUT2D eigenvalue weighted by Crippen LogP contribution is -2.08. The van der Waals surface area contributed by atoms with Gasteiger partial charge in [0.25, 0.3) is 0 Å². The van der Waals surface area contributed by atoms with Crippen molar-refractivity contribution in [1.29, 1.82) is 0 Å². The third-order valence-electron chi connectivity index (χ3n) is 3.97. The number of hydrogen-bond acceptors (Lipinski definition) is 4. The van der Waals surface area contributed by atoms with E-state index in [2.05, 4.69) is 6.07 Å². The highest BCUT2D eigenvalue weighted by molar-refractivity contribution is 7.24. The highest BCUT2D eigenvalue weighted by Crippen LogP contribution is 2.35. The van der Waals surface area contributed by atoms with Crippen LogP contribution in [0, 0.1) is 13.8 Å². The minimum atomic E-state index is 0.0401. The largest absolute Gasteiger partial charge is 0.492 e. The van der Waals surface area contributed by atoms with Gasteiger partial charge in [0.05, 0.1) is 12.0 Å². The van der Waals surface area contributed by atoms with Gasteiger partial charge < -0.3 is 9.84 Å². The van der Waals surface area contributed by atoms with E-state index in [0.29, 0.717) is 24.2 Å². The smallest absolute Gasteiger partial charge is 0.199 e. The van der Waals surface area contributed by atoms with Gasteiger partial charge in [-0.3, -0.25) is 4.79 Å². The third-order valence-corrected chi connectivity index (χ3v) is 5.28. The summed E-state index contributed by atoms with van der Waals surface area (Å²) in [6, 6.07) is 9.80. The Balaban J connectivity index is 2.22. The molecule has 23 heavy (non-hydrogen) atoms. The van der Waals surface area contributed by atoms with Gasteiger partial charge in [0.1, 0.15) is 5.75 Å². The van der Waals surface area contributed by atoms with Gasteiger partial charge in [-0.1, -0.05) is 18.2 Å². The van der Waals surface area contributed by atoms with Crippen molar-refractivity contribution in [3.8, 4) is 5.75 Å². The zero-order chi connectivity index (χ0) is 16.4. The number of unbranched alkanes of at least 4 members (excludes halogenated alkanes) is 1. The van der Waals surface area contributed by atoms with E-state index in [1.54, 1.807) is 11.3 Å². The van der Waals surface area contributed by atoms with Gasteiger partial charge in [-0.25, -0.2) is 0 Å². The number of fused-ring (bicyclic) bond motifs is 2. The SMILES string of the molecule is Cc1cc(C)c2sc3ccccc3c(=O)c2c1OCCCCO. The fourth-order valence-corrected chi connectivity index (χ4v) is 4.00. The summed E-state index contributed by atoms with van der Waals surface area (Å²) in [4.78, 5) is 13.0. The summed E-state index contributed by atoms with van der Waals surface area (Å²) >= 11 is 1.64. The molecular weight excluding hydrogens is 308 g/mol. The second kappa shape index (κ2) is 6.69. The van der Waals surface area contributed by atoms with Crippen LogP contribution in [0.5, 0.6) is 5.75 Å². The molecule has 3 aromatic rings. The van der Waals surface area contributed by atoms with Crippen LogP contribution in [-0.2, 0) is 0 Å². The quantitative estimate of drug-likeness (QED) is 0.564. The fraction of sp³-hybridized carbons (Fsp3) is 0.316. The van der Waals surface area contributed by atoms with Gasteiger partial charge in [0, 0.05) is 21.4 Å². The zero-order valence-electron chi connectivity index (χ0n) is 13.4. The summed E-state index contributed by atoms with van der Waals surface area (Å²) in [5, 5.41) is 10.3. The first kappa shape index (κ1) is 16.0. The van der Waals surface area contributed by atoms with Gasteiger partial charge in [0.2, 0.25) is 0 Å². The molecule has 120 valence electrons. The number of aliphatic hydroxyl groups excluding tert-OH is 1. The molecule has 0 aliphatic carbocycles. The van der Waals surface area contributed by atoms with E-state index < -0.39 is 0 Å². The van der Waals surface area contributed by atoms with Crippen LogP contribution in [0.4, 0.5) is 0 Å². The molecule has 0 fully saturated rings. The summed E-state index contributed by atoms with van der Waals surface area (Å²) in [7, 11) is 0. The molecule has 0 bridgehead atoms. The van der Waals surface area contributed by atoms with Gasteiger partial charge in [0.15, 0.2) is 5.43 Å². The molecule has 0 saturated carbocycles. The van der Waals surface area contributed by atoms with Crippen molar-refractivity contribution in [1.82, 2.24) is 0 Å². The fourth-order valence-electron chi connectivity index (χ4n) is 2.85. The Labute approximate surface area is 139 Å². The van der Waals surface area contributed by atoms with Gasteiger partial charge in [-0.2, -0.15) is 0 Å². The highest BCUT2D eigenvalue weighted by atomic mass is 32.1. The van der Waals surface area contributed by atoms with E-state index in [0.717, 1.165) is 32.3 Å². The second-order valence-corrected chi connectivity index (χ2v) is 6.80. The predicted octanol–water partition coefficient (Wildman–Crippen LogP) is 4.18. The number of benzene rings is 2. The average molecular weight is 328 g/mol. The van der Waals surface area contributed by atoms with Crippen LogP contribution >= 0.6 is 11.3 Å². The summed E-state index contributed by atoms with van der Waals surface area (Å²) in [6.07, 6.45) is 1.48. The highest BCUT2D eigenvalue weighted by Gasteiger charge is 2.15. The van der Waals surface area contributed by atoms with E-state index >= 15 is 0 Å². The number of aliphatic hydroxyl groups is 1. The van der Waals surface area contributed by atoms with Crippen LogP contribution in [-0.4, -0.2) is 18.3 Å². The Kier molecular flexibility index (Phi) is 4.64. The van der Waals surface area contributed by atoms with Crippen molar-refractivity contribution in [2.75, 3.05) is 13.2 Å². The molecule has 1 aromatic heterocycles. The maximum atomic E-state index is 13.0. The molecule has 0 saturated heterocycles. The minimum absolute atomic E-state index is 0.0401. The molecule has 0 radical (unpaired) electrons. The number of ether oxygens (including phenoxy) is 1. The summed E-state index contributed by atoms with van der Waals surface area (Å²) < 4.78 is 7.93. The topological polar surface area (TPSA) is 46.5 Å². The standard InChI is InChI=1S/C19H20O3S/c1-12-11-13(2)19-16(18(12)22-10-6-5-9-20)17(21)14-7-3-4-8-15(14)23-19/h3-4,7-8,11,20H,5-6,9-10H2,1-2H3. The molecule has 4 heteroatoms. The molecule has 0 amide bonds. The van der Waals surface area contributed by atoms with Crippen molar-refractivity contribution in [2.24, 2.45) is 0 Å². The first-order chi connectivity index (χ1) is 11.1. The van der Waals surface area contributed by atoms with Crippen LogP contribution in [0.3, 0.4) is 0 Å². The number of hydrogen-bond donors (Lipinski definition) is 1. The molecule has 0 atom stereocenters. The Hall–Kier alpha value is -1.91. The second-order valence-electron chi connectivity index (χ2n) is 5.75. The van der Waals surface area contributed by atoms with Crippen molar-refractivity contribution in [3.05, 3.63) is 51.7 Å². The first-order valence-electron chi connectivity index (χ1n) is 7.83. The molecule has 1 N–H and O–H groups in total. The average Bonchev–Trinajstić information content (AvgIpc) is 2.55. The van der Waals surface area contributed by atoms with Gasteiger partial charge >= 0.3 is 0 Å². The van der Waals surface area contributed by atoms with Crippen molar-refractivity contribution in [3.63, 3.8) is 0 Å². The maximum Gasteiger partial charge on any atom is 0.199 e. The number of aryl methyl sites for hydroxylation is 2. The van der Waals surface area contributed by atoms with Crippen LogP contribution in [0.1, 0.15) is 24.0 Å². The molecule has 3 rings (SSSR count). The van der Waals surface area contributed by atoms with Gasteiger partial charge in [-0.15, -0.1) is 11.3 Å².